The lowest BCUT2D eigenvalue weighted by Crippen LogP contribution is -2.45. The van der Waals surface area contributed by atoms with Gasteiger partial charge in [0, 0.05) is 6.61 Å². The summed E-state index contributed by atoms with van der Waals surface area (Å²) in [5.74, 6) is -0.293. The summed E-state index contributed by atoms with van der Waals surface area (Å²) in [7, 11) is -3.47. The quantitative estimate of drug-likeness (QED) is 0.177. The molecule has 0 spiro atoms. The summed E-state index contributed by atoms with van der Waals surface area (Å²) in [5.41, 5.74) is 5.33. The lowest BCUT2D eigenvalue weighted by atomic mass is 10.2. The number of hydrogen-bond donors (Lipinski definition) is 3. The molecule has 8 heteroatoms. The predicted octanol–water partition coefficient (Wildman–Crippen LogP) is -0.533. The SMILES string of the molecule is CCOCCS(=O)(=O)NC(CC)C(N)=NO. The highest BCUT2D eigenvalue weighted by Crippen LogP contribution is 1.96. The van der Waals surface area contributed by atoms with Crippen molar-refractivity contribution >= 4 is 15.9 Å². The summed E-state index contributed by atoms with van der Waals surface area (Å²) in [6.07, 6.45) is 0.407. The predicted molar refractivity (Wildman–Crippen MR) is 60.9 cm³/mol. The highest BCUT2D eigenvalue weighted by atomic mass is 32.2. The van der Waals surface area contributed by atoms with E-state index >= 15 is 0 Å². The first-order valence-electron chi connectivity index (χ1n) is 5.02. The van der Waals surface area contributed by atoms with Crippen molar-refractivity contribution in [1.82, 2.24) is 4.72 Å². The van der Waals surface area contributed by atoms with Crippen LogP contribution in [0.5, 0.6) is 0 Å². The Bertz CT molecular complexity index is 315. The van der Waals surface area contributed by atoms with Crippen LogP contribution in [0.3, 0.4) is 0 Å². The van der Waals surface area contributed by atoms with E-state index < -0.39 is 16.1 Å². The maximum atomic E-state index is 11.5. The highest BCUT2D eigenvalue weighted by molar-refractivity contribution is 7.89. The molecule has 1 atom stereocenters. The van der Waals surface area contributed by atoms with Crippen LogP contribution in [0.1, 0.15) is 20.3 Å². The lowest BCUT2D eigenvalue weighted by molar-refractivity contribution is 0.163. The topological polar surface area (TPSA) is 114 Å². The van der Waals surface area contributed by atoms with Gasteiger partial charge < -0.3 is 15.7 Å². The molecular formula is C8H19N3O4S. The fourth-order valence-electron chi connectivity index (χ4n) is 1.01. The van der Waals surface area contributed by atoms with E-state index in [0.717, 1.165) is 0 Å². The normalized spacial score (nSPS) is 15.0. The van der Waals surface area contributed by atoms with Gasteiger partial charge in [-0.25, -0.2) is 13.1 Å². The molecule has 0 amide bonds. The van der Waals surface area contributed by atoms with Gasteiger partial charge in [0.25, 0.3) is 0 Å². The number of ether oxygens (including phenoxy) is 1. The molecule has 0 aliphatic rings. The summed E-state index contributed by atoms with van der Waals surface area (Å²) in [5, 5.41) is 11.2. The van der Waals surface area contributed by atoms with Gasteiger partial charge in [0.15, 0.2) is 5.84 Å². The van der Waals surface area contributed by atoms with Gasteiger partial charge in [0.05, 0.1) is 18.4 Å². The van der Waals surface area contributed by atoms with E-state index in [2.05, 4.69) is 9.88 Å². The molecule has 0 aliphatic heterocycles. The number of nitrogens with one attached hydrogen (secondary N) is 1. The van der Waals surface area contributed by atoms with Crippen LogP contribution in [0.15, 0.2) is 5.16 Å². The number of amidine groups is 1. The second-order valence-corrected chi connectivity index (χ2v) is 4.99. The monoisotopic (exact) mass is 253 g/mol. The number of rotatable bonds is 8. The molecule has 0 saturated carbocycles. The largest absolute Gasteiger partial charge is 0.409 e. The van der Waals surface area contributed by atoms with Crippen LogP contribution in [0.2, 0.25) is 0 Å². The molecule has 4 N–H and O–H groups in total. The van der Waals surface area contributed by atoms with Crippen LogP contribution in [0.25, 0.3) is 0 Å². The Morgan fingerprint density at radius 2 is 2.19 bits per heavy atom. The average molecular weight is 253 g/mol. The molecule has 0 aromatic carbocycles. The van der Waals surface area contributed by atoms with Crippen molar-refractivity contribution in [3.63, 3.8) is 0 Å². The lowest BCUT2D eigenvalue weighted by Gasteiger charge is -2.15. The Morgan fingerprint density at radius 3 is 2.62 bits per heavy atom. The van der Waals surface area contributed by atoms with Gasteiger partial charge in [-0.3, -0.25) is 0 Å². The highest BCUT2D eigenvalue weighted by Gasteiger charge is 2.19. The van der Waals surface area contributed by atoms with E-state index in [1.807, 2.05) is 0 Å². The zero-order chi connectivity index (χ0) is 12.6. The molecule has 0 fully saturated rings. The Hall–Kier alpha value is -0.860. The molecule has 1 unspecified atom stereocenters. The Kier molecular flexibility index (Phi) is 7.02. The molecule has 0 radical (unpaired) electrons. The molecule has 0 bridgehead atoms. The minimum atomic E-state index is -3.47. The van der Waals surface area contributed by atoms with Gasteiger partial charge in [0.1, 0.15) is 0 Å². The van der Waals surface area contributed by atoms with Crippen molar-refractivity contribution in [3.05, 3.63) is 0 Å². The van der Waals surface area contributed by atoms with E-state index in [-0.39, 0.29) is 18.2 Å². The number of nitrogens with two attached hydrogens (primary N) is 1. The zero-order valence-electron chi connectivity index (χ0n) is 9.51. The summed E-state index contributed by atoms with van der Waals surface area (Å²) in [4.78, 5) is 0. The number of nitrogens with zero attached hydrogens (tertiary/aromatic N) is 1. The molecule has 0 aromatic heterocycles. The standard InChI is InChI=1S/C8H19N3O4S/c1-3-7(8(9)10-12)11-16(13,14)6-5-15-4-2/h7,11-12H,3-6H2,1-2H3,(H2,9,10). The van der Waals surface area contributed by atoms with E-state index in [1.165, 1.54) is 0 Å². The van der Waals surface area contributed by atoms with Crippen molar-refractivity contribution in [1.29, 1.82) is 0 Å². The Labute approximate surface area is 95.7 Å². The van der Waals surface area contributed by atoms with Crippen molar-refractivity contribution < 1.29 is 18.4 Å². The summed E-state index contributed by atoms with van der Waals surface area (Å²) in [6.45, 7) is 4.10. The first kappa shape index (κ1) is 15.1. The van der Waals surface area contributed by atoms with Gasteiger partial charge >= 0.3 is 0 Å². The van der Waals surface area contributed by atoms with Gasteiger partial charge in [-0.1, -0.05) is 12.1 Å². The molecule has 0 saturated heterocycles. The average Bonchev–Trinajstić information content (AvgIpc) is 2.25. The van der Waals surface area contributed by atoms with Crippen LogP contribution in [0, 0.1) is 0 Å². The third kappa shape index (κ3) is 5.89. The Morgan fingerprint density at radius 1 is 1.56 bits per heavy atom. The molecule has 0 rings (SSSR count). The van der Waals surface area contributed by atoms with Gasteiger partial charge in [-0.2, -0.15) is 0 Å². The second-order valence-electron chi connectivity index (χ2n) is 3.12. The van der Waals surface area contributed by atoms with Gasteiger partial charge in [-0.15, -0.1) is 0 Å². The zero-order valence-corrected chi connectivity index (χ0v) is 10.3. The minimum absolute atomic E-state index is 0.123. The van der Waals surface area contributed by atoms with Crippen molar-refractivity contribution in [2.45, 2.75) is 26.3 Å². The molecule has 7 nitrogen and oxygen atoms in total. The van der Waals surface area contributed by atoms with Crippen molar-refractivity contribution in [2.75, 3.05) is 19.0 Å². The summed E-state index contributed by atoms with van der Waals surface area (Å²) in [6, 6.07) is -0.684. The van der Waals surface area contributed by atoms with Gasteiger partial charge in [0.2, 0.25) is 10.0 Å². The van der Waals surface area contributed by atoms with Gasteiger partial charge in [-0.05, 0) is 13.3 Å². The maximum absolute atomic E-state index is 11.5. The molecule has 16 heavy (non-hydrogen) atoms. The Balaban J connectivity index is 4.32. The van der Waals surface area contributed by atoms with Crippen LogP contribution in [-0.4, -0.2) is 44.5 Å². The molecular weight excluding hydrogens is 234 g/mol. The van der Waals surface area contributed by atoms with Crippen molar-refractivity contribution in [2.24, 2.45) is 10.9 Å². The first-order chi connectivity index (χ1) is 7.46. The first-order valence-corrected chi connectivity index (χ1v) is 6.67. The summed E-state index contributed by atoms with van der Waals surface area (Å²) >= 11 is 0. The van der Waals surface area contributed by atoms with E-state index in [9.17, 15) is 8.42 Å². The van der Waals surface area contributed by atoms with Crippen molar-refractivity contribution in [3.8, 4) is 0 Å². The van der Waals surface area contributed by atoms with E-state index in [0.29, 0.717) is 13.0 Å². The third-order valence-electron chi connectivity index (χ3n) is 1.90. The van der Waals surface area contributed by atoms with Crippen LogP contribution in [-0.2, 0) is 14.8 Å². The van der Waals surface area contributed by atoms with Crippen LogP contribution in [0.4, 0.5) is 0 Å². The fourth-order valence-corrected chi connectivity index (χ4v) is 2.19. The third-order valence-corrected chi connectivity index (χ3v) is 3.25. The molecule has 96 valence electrons. The fraction of sp³-hybridized carbons (Fsp3) is 0.875. The molecule has 0 aromatic rings. The van der Waals surface area contributed by atoms with Crippen LogP contribution < -0.4 is 10.5 Å². The van der Waals surface area contributed by atoms with E-state index in [1.54, 1.807) is 13.8 Å². The maximum Gasteiger partial charge on any atom is 0.214 e. The molecule has 0 aliphatic carbocycles. The van der Waals surface area contributed by atoms with Crippen LogP contribution >= 0.6 is 0 Å². The smallest absolute Gasteiger partial charge is 0.214 e. The number of oxime groups is 1. The second kappa shape index (κ2) is 7.42. The number of hydrogen-bond acceptors (Lipinski definition) is 5. The number of sulfonamides is 1. The van der Waals surface area contributed by atoms with E-state index in [4.69, 9.17) is 15.7 Å². The summed E-state index contributed by atoms with van der Waals surface area (Å²) < 4.78 is 30.3. The minimum Gasteiger partial charge on any atom is -0.409 e. The molecule has 0 heterocycles.